The summed E-state index contributed by atoms with van der Waals surface area (Å²) in [5, 5.41) is 2.69. The van der Waals surface area contributed by atoms with Crippen molar-refractivity contribution in [3.05, 3.63) is 0 Å². The number of rotatable bonds is 16. The molecular weight excluding hydrogens is 689 g/mol. The lowest BCUT2D eigenvalue weighted by Crippen LogP contribution is -2.76. The van der Waals surface area contributed by atoms with E-state index in [9.17, 15) is 102 Å². The molecule has 0 aliphatic heterocycles. The fourth-order valence-corrected chi connectivity index (χ4v) is 3.89. The van der Waals surface area contributed by atoms with Crippen molar-refractivity contribution < 1.29 is 106 Å². The Balaban J connectivity index is 6.49. The van der Waals surface area contributed by atoms with Crippen molar-refractivity contribution >= 4 is 16.0 Å². The van der Waals surface area contributed by atoms with Crippen molar-refractivity contribution in [2.75, 3.05) is 33.7 Å². The zero-order chi connectivity index (χ0) is 35.3. The topological polar surface area (TPSA) is 86.3 Å². The van der Waals surface area contributed by atoms with E-state index in [1.807, 2.05) is 0 Å². The third kappa shape index (κ3) is 6.54. The Labute approximate surface area is 227 Å². The molecule has 0 bridgehead atoms. The van der Waals surface area contributed by atoms with Gasteiger partial charge in [-0.05, 0) is 0 Å². The van der Waals surface area contributed by atoms with E-state index in [0.29, 0.717) is 4.72 Å². The number of carboxylic acid groups (broad SMARTS) is 1. The van der Waals surface area contributed by atoms with Gasteiger partial charge in [0.25, 0.3) is 10.0 Å². The number of nitrogens with one attached hydrogen (secondary N) is 1. The van der Waals surface area contributed by atoms with Crippen LogP contribution in [-0.4, -0.2) is 105 Å². The first-order chi connectivity index (χ1) is 18.4. The highest BCUT2D eigenvalue weighted by Gasteiger charge is 2.97. The number of sulfonamides is 1. The molecule has 0 aliphatic carbocycles. The lowest BCUT2D eigenvalue weighted by molar-refractivity contribution is -0.890. The van der Waals surface area contributed by atoms with Crippen LogP contribution in [-0.2, 0) is 14.8 Å². The lowest BCUT2D eigenvalue weighted by atomic mass is 9.89. The van der Waals surface area contributed by atoms with Crippen molar-refractivity contribution in [3.63, 3.8) is 0 Å². The average molecular weight is 706 g/mol. The fourth-order valence-electron chi connectivity index (χ4n) is 2.83. The van der Waals surface area contributed by atoms with Crippen LogP contribution in [0.1, 0.15) is 12.8 Å². The average Bonchev–Trinajstić information content (AvgIpc) is 2.78. The molecule has 43 heavy (non-hydrogen) atoms. The van der Waals surface area contributed by atoms with Crippen molar-refractivity contribution in [3.8, 4) is 0 Å². The molecule has 0 aliphatic rings. The summed E-state index contributed by atoms with van der Waals surface area (Å²) in [6.07, 6.45) is -9.41. The predicted molar refractivity (Wildman–Crippen MR) is 98.6 cm³/mol. The first kappa shape index (κ1) is 41.0. The third-order valence-corrected chi connectivity index (χ3v) is 7.09. The smallest absolute Gasteiger partial charge is 0.460 e. The standard InChI is InChI=1S/C17H17F19N2O4S/c1-38(2,7-4-8(39)40)6-3-5-37-43(41,42)17(35,36)15(30,31)13(26,27)11(22,23)9(18,19)10(20,21)12(24,25)14(28,29)16(32,33)34/h37H,3-7H2,1-2H3. The van der Waals surface area contributed by atoms with E-state index in [0.717, 1.165) is 0 Å². The molecule has 0 unspecified atom stereocenters. The van der Waals surface area contributed by atoms with E-state index in [-0.39, 0.29) is 6.54 Å². The number of aliphatic carboxylic acids is 1. The molecule has 258 valence electrons. The molecule has 0 aromatic heterocycles. The number of nitrogens with zero attached hydrogens (tertiary/aromatic N) is 1. The van der Waals surface area contributed by atoms with Gasteiger partial charge in [-0.2, -0.15) is 83.4 Å². The molecule has 0 spiro atoms. The number of hydrogen-bond donors (Lipinski definition) is 1. The molecule has 0 rings (SSSR count). The van der Waals surface area contributed by atoms with Crippen molar-refractivity contribution in [1.29, 1.82) is 0 Å². The zero-order valence-corrected chi connectivity index (χ0v) is 21.5. The number of alkyl halides is 19. The Hall–Kier alpha value is -1.99. The SMILES string of the molecule is C[N+](C)(CCCNS(=O)(=O)C(F)(F)C(F)(F)C(F)(F)C(F)(F)C(F)(F)C(F)(F)C(F)(F)C(F)(F)C(F)(F)F)CCC(=O)[O-]. The fraction of sp³-hybridized carbons (Fsp3) is 0.941. The molecule has 0 radical (unpaired) electrons. The molecule has 1 N–H and O–H groups in total. The van der Waals surface area contributed by atoms with Crippen LogP contribution in [0.5, 0.6) is 0 Å². The molecule has 0 saturated carbocycles. The molecule has 0 heterocycles. The maximum atomic E-state index is 14.0. The van der Waals surface area contributed by atoms with Gasteiger partial charge in [0.05, 0.1) is 27.2 Å². The summed E-state index contributed by atoms with van der Waals surface area (Å²) in [6.45, 7) is -2.21. The highest BCUT2D eigenvalue weighted by molar-refractivity contribution is 7.90. The van der Waals surface area contributed by atoms with Crippen LogP contribution in [0.15, 0.2) is 0 Å². The minimum atomic E-state index is -9.16. The summed E-state index contributed by atoms with van der Waals surface area (Å²) >= 11 is 0. The van der Waals surface area contributed by atoms with Gasteiger partial charge in [-0.1, -0.05) is 0 Å². The number of carboxylic acids is 1. The quantitative estimate of drug-likeness (QED) is 0.149. The third-order valence-electron chi connectivity index (χ3n) is 5.58. The van der Waals surface area contributed by atoms with Crippen LogP contribution in [0.3, 0.4) is 0 Å². The highest BCUT2D eigenvalue weighted by atomic mass is 32.2. The Morgan fingerprint density at radius 1 is 0.605 bits per heavy atom. The normalized spacial score (nSPS) is 16.0. The van der Waals surface area contributed by atoms with Crippen molar-refractivity contribution in [2.45, 2.75) is 65.7 Å². The number of quaternary nitrogens is 1. The molecule has 0 aromatic rings. The number of carbonyl (C=O) groups excluding carboxylic acids is 1. The summed E-state index contributed by atoms with van der Waals surface area (Å²) in [5.74, 6) is -63.7. The number of carbonyl (C=O) groups is 1. The molecule has 0 saturated heterocycles. The Morgan fingerprint density at radius 2 is 0.930 bits per heavy atom. The molecule has 0 fully saturated rings. The Bertz CT molecular complexity index is 1120. The van der Waals surface area contributed by atoms with E-state index in [1.54, 1.807) is 0 Å². The van der Waals surface area contributed by atoms with Crippen LogP contribution >= 0.6 is 0 Å². The van der Waals surface area contributed by atoms with Gasteiger partial charge in [-0.25, -0.2) is 13.1 Å². The van der Waals surface area contributed by atoms with Gasteiger partial charge >= 0.3 is 52.9 Å². The Morgan fingerprint density at radius 3 is 1.26 bits per heavy atom. The first-order valence-corrected chi connectivity index (χ1v) is 12.0. The van der Waals surface area contributed by atoms with E-state index in [2.05, 4.69) is 0 Å². The van der Waals surface area contributed by atoms with E-state index in [4.69, 9.17) is 0 Å². The minimum Gasteiger partial charge on any atom is -0.550 e. The summed E-state index contributed by atoms with van der Waals surface area (Å²) in [7, 11) is -5.03. The van der Waals surface area contributed by atoms with Crippen LogP contribution in [0.4, 0.5) is 83.4 Å². The van der Waals surface area contributed by atoms with Crippen LogP contribution in [0.2, 0.25) is 0 Å². The molecule has 6 nitrogen and oxygen atoms in total. The van der Waals surface area contributed by atoms with Gasteiger partial charge in [0, 0.05) is 25.4 Å². The largest absolute Gasteiger partial charge is 0.550 e. The maximum absolute atomic E-state index is 14.0. The molecule has 0 atom stereocenters. The van der Waals surface area contributed by atoms with Crippen molar-refractivity contribution in [1.82, 2.24) is 4.72 Å². The second kappa shape index (κ2) is 11.4. The van der Waals surface area contributed by atoms with E-state index >= 15 is 0 Å². The minimum absolute atomic E-state index is 0.294. The Kier molecular flexibility index (Phi) is 10.9. The second-order valence-corrected chi connectivity index (χ2v) is 11.1. The number of hydrogen-bond acceptors (Lipinski definition) is 4. The molecular formula is C17H17F19N2O4S. The highest BCUT2D eigenvalue weighted by Crippen LogP contribution is 2.65. The summed E-state index contributed by atoms with van der Waals surface area (Å²) in [5.41, 5.74) is 0. The van der Waals surface area contributed by atoms with Gasteiger partial charge in [-0.3, -0.25) is 0 Å². The number of halogens is 19. The lowest BCUT2D eigenvalue weighted by Gasteiger charge is -2.43. The van der Waals surface area contributed by atoms with Gasteiger partial charge in [0.2, 0.25) is 0 Å². The van der Waals surface area contributed by atoms with Gasteiger partial charge < -0.3 is 14.4 Å². The zero-order valence-electron chi connectivity index (χ0n) is 20.7. The van der Waals surface area contributed by atoms with Crippen LogP contribution in [0, 0.1) is 0 Å². The van der Waals surface area contributed by atoms with E-state index < -0.39 is 99.3 Å². The predicted octanol–water partition coefficient (Wildman–Crippen LogP) is 4.11. The molecule has 0 amide bonds. The summed E-state index contributed by atoms with van der Waals surface area (Å²) < 4.78 is 277. The molecule has 26 heteroatoms. The van der Waals surface area contributed by atoms with Crippen molar-refractivity contribution in [2.24, 2.45) is 0 Å². The first-order valence-electron chi connectivity index (χ1n) is 10.5. The summed E-state index contributed by atoms with van der Waals surface area (Å²) in [4.78, 5) is 10.4. The van der Waals surface area contributed by atoms with Gasteiger partial charge in [0.15, 0.2) is 0 Å². The van der Waals surface area contributed by atoms with Crippen LogP contribution in [0.25, 0.3) is 0 Å². The van der Waals surface area contributed by atoms with E-state index in [1.165, 1.54) is 14.1 Å². The second-order valence-electron chi connectivity index (χ2n) is 9.29. The summed E-state index contributed by atoms with van der Waals surface area (Å²) in [6, 6.07) is 0. The monoisotopic (exact) mass is 706 g/mol. The molecule has 0 aromatic carbocycles. The maximum Gasteiger partial charge on any atom is 0.460 e. The van der Waals surface area contributed by atoms with Gasteiger partial charge in [0.1, 0.15) is 0 Å². The van der Waals surface area contributed by atoms with Gasteiger partial charge in [-0.15, -0.1) is 0 Å². The van der Waals surface area contributed by atoms with Crippen LogP contribution < -0.4 is 9.83 Å².